The van der Waals surface area contributed by atoms with Crippen LogP contribution < -0.4 is 30.8 Å². The van der Waals surface area contributed by atoms with Gasteiger partial charge in [-0.3, -0.25) is 19.1 Å². The molecule has 28 heavy (non-hydrogen) atoms. The maximum Gasteiger partial charge on any atom is 0.328 e. The minimum absolute atomic E-state index is 0.105. The Balaban J connectivity index is 1.91. The molecule has 1 heterocycles. The molecule has 0 fully saturated rings. The lowest BCUT2D eigenvalue weighted by Crippen LogP contribution is -2.32. The van der Waals surface area contributed by atoms with Gasteiger partial charge in [0, 0.05) is 25.7 Å². The molecule has 0 spiro atoms. The molecule has 0 unspecified atom stereocenters. The van der Waals surface area contributed by atoms with Gasteiger partial charge >= 0.3 is 5.69 Å². The van der Waals surface area contributed by atoms with E-state index in [0.717, 1.165) is 5.56 Å². The minimum atomic E-state index is -0.557. The van der Waals surface area contributed by atoms with Gasteiger partial charge in [0.05, 0.1) is 25.8 Å². The van der Waals surface area contributed by atoms with E-state index in [0.29, 0.717) is 30.2 Å². The molecule has 2 rings (SSSR count). The lowest BCUT2D eigenvalue weighted by molar-refractivity contribution is -0.121. The number of ether oxygens (including phenoxy) is 3. The summed E-state index contributed by atoms with van der Waals surface area (Å²) in [5.41, 5.74) is -0.148. The highest BCUT2D eigenvalue weighted by molar-refractivity contribution is 9.10. The fraction of sp³-hybridized carbons (Fsp3) is 0.389. The second kappa shape index (κ2) is 9.98. The van der Waals surface area contributed by atoms with Crippen LogP contribution in [-0.2, 0) is 17.8 Å². The minimum Gasteiger partial charge on any atom is -0.493 e. The van der Waals surface area contributed by atoms with Gasteiger partial charge in [-0.15, -0.1) is 0 Å². The summed E-state index contributed by atoms with van der Waals surface area (Å²) in [7, 11) is 4.62. The zero-order valence-corrected chi connectivity index (χ0v) is 17.4. The van der Waals surface area contributed by atoms with Crippen molar-refractivity contribution in [3.05, 3.63) is 49.2 Å². The van der Waals surface area contributed by atoms with E-state index >= 15 is 0 Å². The first-order chi connectivity index (χ1) is 13.4. The first kappa shape index (κ1) is 21.5. The first-order valence-electron chi connectivity index (χ1n) is 8.44. The van der Waals surface area contributed by atoms with Gasteiger partial charge in [0.15, 0.2) is 11.5 Å². The Hall–Kier alpha value is -2.75. The van der Waals surface area contributed by atoms with Gasteiger partial charge in [-0.2, -0.15) is 0 Å². The molecule has 152 valence electrons. The lowest BCUT2D eigenvalue weighted by Gasteiger charge is -2.14. The van der Waals surface area contributed by atoms with Crippen molar-refractivity contribution in [1.29, 1.82) is 0 Å². The number of amides is 1. The molecule has 2 N–H and O–H groups in total. The molecule has 10 heteroatoms. The Kier molecular flexibility index (Phi) is 7.68. The topological polar surface area (TPSA) is 112 Å². The molecular formula is C18H22BrN3O6. The predicted molar refractivity (Wildman–Crippen MR) is 106 cm³/mol. The molecule has 1 aromatic carbocycles. The summed E-state index contributed by atoms with van der Waals surface area (Å²) in [6.07, 6.45) is 2.03. The van der Waals surface area contributed by atoms with Crippen molar-refractivity contribution < 1.29 is 19.0 Å². The van der Waals surface area contributed by atoms with Crippen LogP contribution in [0.15, 0.2) is 32.4 Å². The molecule has 0 aliphatic carbocycles. The third kappa shape index (κ3) is 5.38. The van der Waals surface area contributed by atoms with Gasteiger partial charge in [-0.25, -0.2) is 4.79 Å². The van der Waals surface area contributed by atoms with Crippen molar-refractivity contribution in [2.75, 3.05) is 27.9 Å². The summed E-state index contributed by atoms with van der Waals surface area (Å²) in [5, 5.41) is 2.80. The van der Waals surface area contributed by atoms with E-state index in [1.54, 1.807) is 14.2 Å². The molecule has 1 aromatic heterocycles. The van der Waals surface area contributed by atoms with Gasteiger partial charge in [-0.05, 0) is 40.0 Å². The van der Waals surface area contributed by atoms with Crippen molar-refractivity contribution in [2.24, 2.45) is 0 Å². The summed E-state index contributed by atoms with van der Waals surface area (Å²) < 4.78 is 17.4. The lowest BCUT2D eigenvalue weighted by atomic mass is 10.1. The maximum absolute atomic E-state index is 12.0. The van der Waals surface area contributed by atoms with E-state index < -0.39 is 11.2 Å². The molecular weight excluding hydrogens is 434 g/mol. The number of nitrogens with zero attached hydrogens (tertiary/aromatic N) is 1. The van der Waals surface area contributed by atoms with Gasteiger partial charge in [0.2, 0.25) is 11.7 Å². The first-order valence-corrected chi connectivity index (χ1v) is 9.23. The normalized spacial score (nSPS) is 10.4. The van der Waals surface area contributed by atoms with Crippen LogP contribution in [0.1, 0.15) is 12.0 Å². The van der Waals surface area contributed by atoms with Crippen molar-refractivity contribution in [2.45, 2.75) is 19.4 Å². The number of halogens is 1. The van der Waals surface area contributed by atoms with E-state index in [4.69, 9.17) is 14.2 Å². The van der Waals surface area contributed by atoms with Crippen molar-refractivity contribution in [3.63, 3.8) is 0 Å². The zero-order chi connectivity index (χ0) is 20.7. The van der Waals surface area contributed by atoms with E-state index in [9.17, 15) is 14.4 Å². The van der Waals surface area contributed by atoms with Crippen LogP contribution in [0.3, 0.4) is 0 Å². The number of aryl methyl sites for hydroxylation is 1. The van der Waals surface area contributed by atoms with E-state index in [1.165, 1.54) is 17.9 Å². The summed E-state index contributed by atoms with van der Waals surface area (Å²) >= 11 is 3.06. The Morgan fingerprint density at radius 1 is 1.14 bits per heavy atom. The van der Waals surface area contributed by atoms with E-state index in [2.05, 4.69) is 26.2 Å². The molecule has 0 aliphatic heterocycles. The van der Waals surface area contributed by atoms with Crippen LogP contribution in [-0.4, -0.2) is 43.3 Å². The van der Waals surface area contributed by atoms with Gasteiger partial charge in [-0.1, -0.05) is 0 Å². The third-order valence-electron chi connectivity index (χ3n) is 4.01. The molecule has 0 aliphatic rings. The molecule has 0 saturated heterocycles. The highest BCUT2D eigenvalue weighted by atomic mass is 79.9. The van der Waals surface area contributed by atoms with Crippen molar-refractivity contribution in [3.8, 4) is 17.2 Å². The average Bonchev–Trinajstić information content (AvgIpc) is 2.68. The fourth-order valence-electron chi connectivity index (χ4n) is 2.59. The maximum atomic E-state index is 12.0. The van der Waals surface area contributed by atoms with Crippen LogP contribution >= 0.6 is 15.9 Å². The number of nitrogens with one attached hydrogen (secondary N) is 2. The number of H-pyrrole nitrogens is 1. The third-order valence-corrected chi connectivity index (χ3v) is 4.57. The average molecular weight is 456 g/mol. The molecule has 1 amide bonds. The van der Waals surface area contributed by atoms with Crippen LogP contribution in [0, 0.1) is 0 Å². The molecule has 0 radical (unpaired) electrons. The van der Waals surface area contributed by atoms with E-state index in [1.807, 2.05) is 12.1 Å². The highest BCUT2D eigenvalue weighted by Crippen LogP contribution is 2.38. The number of rotatable bonds is 9. The van der Waals surface area contributed by atoms with Crippen molar-refractivity contribution in [1.82, 2.24) is 14.9 Å². The highest BCUT2D eigenvalue weighted by Gasteiger charge is 2.13. The quantitative estimate of drug-likeness (QED) is 0.584. The van der Waals surface area contributed by atoms with Crippen LogP contribution in [0.2, 0.25) is 0 Å². The van der Waals surface area contributed by atoms with Crippen LogP contribution in [0.4, 0.5) is 0 Å². The molecule has 2 aromatic rings. The Bertz CT molecular complexity index is 928. The predicted octanol–water partition coefficient (Wildman–Crippen LogP) is 1.07. The van der Waals surface area contributed by atoms with E-state index in [-0.39, 0.29) is 23.3 Å². The number of hydrogen-bond acceptors (Lipinski definition) is 6. The van der Waals surface area contributed by atoms with Crippen LogP contribution in [0.25, 0.3) is 0 Å². The summed E-state index contributed by atoms with van der Waals surface area (Å²) in [6.45, 7) is 0.561. The number of aromatic nitrogens is 2. The number of carbonyl (C=O) groups is 1. The molecule has 0 saturated carbocycles. The largest absolute Gasteiger partial charge is 0.493 e. The van der Waals surface area contributed by atoms with Gasteiger partial charge in [0.25, 0.3) is 5.56 Å². The zero-order valence-electron chi connectivity index (χ0n) is 15.8. The summed E-state index contributed by atoms with van der Waals surface area (Å²) in [4.78, 5) is 37.2. The summed E-state index contributed by atoms with van der Waals surface area (Å²) in [5.74, 6) is 1.40. The van der Waals surface area contributed by atoms with Crippen LogP contribution in [0.5, 0.6) is 17.2 Å². The number of hydrogen-bond donors (Lipinski definition) is 2. The standard InChI is InChI=1S/C18H22BrN3O6/c1-26-13-8-11(9-14(27-2)16(13)28-3)4-6-20-15(23)5-7-22-10-12(19)17(24)21-18(22)25/h8-10H,4-7H2,1-3H3,(H,20,23)(H,21,24,25). The second-order valence-corrected chi connectivity index (χ2v) is 6.67. The summed E-state index contributed by atoms with van der Waals surface area (Å²) in [6, 6.07) is 3.65. The Morgan fingerprint density at radius 2 is 1.79 bits per heavy atom. The monoisotopic (exact) mass is 455 g/mol. The van der Waals surface area contributed by atoms with Gasteiger partial charge < -0.3 is 19.5 Å². The SMILES string of the molecule is COc1cc(CCNC(=O)CCn2cc(Br)c(=O)[nH]c2=O)cc(OC)c1OC. The molecule has 9 nitrogen and oxygen atoms in total. The molecule has 0 atom stereocenters. The number of aromatic amines is 1. The Labute approximate surface area is 169 Å². The number of benzene rings is 1. The Morgan fingerprint density at radius 3 is 2.36 bits per heavy atom. The number of carbonyl (C=O) groups excluding carboxylic acids is 1. The number of methoxy groups -OCH3 is 3. The fourth-order valence-corrected chi connectivity index (χ4v) is 2.93. The van der Waals surface area contributed by atoms with Crippen molar-refractivity contribution >= 4 is 21.8 Å². The smallest absolute Gasteiger partial charge is 0.328 e. The molecule has 0 bridgehead atoms. The second-order valence-electron chi connectivity index (χ2n) is 5.81. The van der Waals surface area contributed by atoms with Gasteiger partial charge in [0.1, 0.15) is 0 Å².